The smallest absolute Gasteiger partial charge is 0.327 e. The van der Waals surface area contributed by atoms with Crippen LogP contribution in [0.15, 0.2) is 0 Å². The molecule has 0 aromatic carbocycles. The monoisotopic (exact) mass is 259 g/mol. The lowest BCUT2D eigenvalue weighted by Gasteiger charge is -2.34. The Kier molecular flexibility index (Phi) is 4.12. The molecule has 1 heterocycles. The average Bonchev–Trinajstić information content (AvgIpc) is 2.58. The van der Waals surface area contributed by atoms with Gasteiger partial charge in [-0.25, -0.2) is 4.79 Å². The van der Waals surface area contributed by atoms with Gasteiger partial charge >= 0.3 is 5.97 Å². The van der Waals surface area contributed by atoms with Gasteiger partial charge in [-0.15, -0.1) is 11.8 Å². The third-order valence-corrected chi connectivity index (χ3v) is 4.39. The van der Waals surface area contributed by atoms with Crippen molar-refractivity contribution >= 4 is 23.6 Å². The van der Waals surface area contributed by atoms with E-state index in [0.29, 0.717) is 5.75 Å². The standard InChI is InChI=1S/C12H21NO3S/c1-7(2)9-13(11(16)12(3,4)5)8(6-17-9)10(14)15/h7-9H,6H2,1-5H3,(H,14,15). The van der Waals surface area contributed by atoms with Crippen LogP contribution in [0, 0.1) is 11.3 Å². The van der Waals surface area contributed by atoms with Crippen LogP contribution < -0.4 is 0 Å². The van der Waals surface area contributed by atoms with E-state index < -0.39 is 17.4 Å². The number of nitrogens with zero attached hydrogens (tertiary/aromatic N) is 1. The fourth-order valence-corrected chi connectivity index (χ4v) is 3.35. The number of amides is 1. The van der Waals surface area contributed by atoms with Crippen molar-refractivity contribution < 1.29 is 14.7 Å². The van der Waals surface area contributed by atoms with Crippen LogP contribution >= 0.6 is 11.8 Å². The van der Waals surface area contributed by atoms with Gasteiger partial charge in [-0.2, -0.15) is 0 Å². The summed E-state index contributed by atoms with van der Waals surface area (Å²) in [5, 5.41) is 9.17. The Morgan fingerprint density at radius 2 is 1.88 bits per heavy atom. The zero-order chi connectivity index (χ0) is 13.4. The molecule has 0 aliphatic carbocycles. The molecule has 0 radical (unpaired) electrons. The zero-order valence-electron chi connectivity index (χ0n) is 11.1. The molecule has 0 bridgehead atoms. The van der Waals surface area contributed by atoms with Crippen LogP contribution in [-0.4, -0.2) is 39.1 Å². The van der Waals surface area contributed by atoms with Gasteiger partial charge < -0.3 is 10.0 Å². The summed E-state index contributed by atoms with van der Waals surface area (Å²) in [5.41, 5.74) is -0.536. The molecule has 17 heavy (non-hydrogen) atoms. The van der Waals surface area contributed by atoms with Crippen LogP contribution in [0.25, 0.3) is 0 Å². The molecule has 1 saturated heterocycles. The Labute approximate surface area is 107 Å². The van der Waals surface area contributed by atoms with Crippen molar-refractivity contribution in [2.24, 2.45) is 11.3 Å². The first-order valence-electron chi connectivity index (χ1n) is 5.83. The number of thioether (sulfide) groups is 1. The van der Waals surface area contributed by atoms with Crippen LogP contribution in [0.2, 0.25) is 0 Å². The number of carboxylic acid groups (broad SMARTS) is 1. The second-order valence-electron chi connectivity index (χ2n) is 5.78. The van der Waals surface area contributed by atoms with Crippen molar-refractivity contribution in [1.29, 1.82) is 0 Å². The Morgan fingerprint density at radius 3 is 2.24 bits per heavy atom. The molecule has 1 aliphatic heterocycles. The van der Waals surface area contributed by atoms with Crippen molar-refractivity contribution in [2.75, 3.05) is 5.75 Å². The molecule has 1 rings (SSSR count). The highest BCUT2D eigenvalue weighted by Crippen LogP contribution is 2.37. The maximum atomic E-state index is 12.3. The van der Waals surface area contributed by atoms with E-state index in [1.165, 1.54) is 0 Å². The highest BCUT2D eigenvalue weighted by Gasteiger charge is 2.45. The van der Waals surface area contributed by atoms with Gasteiger partial charge in [0.05, 0.1) is 5.37 Å². The molecule has 98 valence electrons. The van der Waals surface area contributed by atoms with E-state index in [1.807, 2.05) is 34.6 Å². The largest absolute Gasteiger partial charge is 0.480 e. The van der Waals surface area contributed by atoms with E-state index in [4.69, 9.17) is 0 Å². The predicted octanol–water partition coefficient (Wildman–Crippen LogP) is 2.04. The molecule has 1 aliphatic rings. The van der Waals surface area contributed by atoms with Crippen LogP contribution in [0.4, 0.5) is 0 Å². The van der Waals surface area contributed by atoms with Crippen molar-refractivity contribution in [2.45, 2.75) is 46.0 Å². The molecular formula is C12H21NO3S. The van der Waals surface area contributed by atoms with Gasteiger partial charge in [-0.1, -0.05) is 34.6 Å². The molecule has 0 aromatic heterocycles. The Bertz CT molecular complexity index is 322. The van der Waals surface area contributed by atoms with Crippen molar-refractivity contribution in [3.05, 3.63) is 0 Å². The second kappa shape index (κ2) is 4.88. The molecule has 2 unspecified atom stereocenters. The van der Waals surface area contributed by atoms with E-state index in [-0.39, 0.29) is 17.2 Å². The number of hydrogen-bond donors (Lipinski definition) is 1. The molecule has 2 atom stereocenters. The minimum atomic E-state index is -0.904. The predicted molar refractivity (Wildman–Crippen MR) is 68.8 cm³/mol. The lowest BCUT2D eigenvalue weighted by molar-refractivity contribution is -0.153. The van der Waals surface area contributed by atoms with Crippen molar-refractivity contribution in [1.82, 2.24) is 4.90 Å². The highest BCUT2D eigenvalue weighted by atomic mass is 32.2. The summed E-state index contributed by atoms with van der Waals surface area (Å²) in [4.78, 5) is 25.1. The molecule has 4 nitrogen and oxygen atoms in total. The third kappa shape index (κ3) is 2.94. The molecule has 0 saturated carbocycles. The number of carboxylic acids is 1. The molecule has 0 aromatic rings. The van der Waals surface area contributed by atoms with Crippen LogP contribution in [0.3, 0.4) is 0 Å². The number of rotatable bonds is 2. The third-order valence-electron chi connectivity index (χ3n) is 2.77. The summed E-state index contributed by atoms with van der Waals surface area (Å²) >= 11 is 1.56. The normalized spacial score (nSPS) is 25.4. The second-order valence-corrected chi connectivity index (χ2v) is 6.93. The van der Waals surface area contributed by atoms with Crippen LogP contribution in [0.1, 0.15) is 34.6 Å². The van der Waals surface area contributed by atoms with Gasteiger partial charge in [0.25, 0.3) is 0 Å². The summed E-state index contributed by atoms with van der Waals surface area (Å²) in [5.74, 6) is -0.234. The minimum Gasteiger partial charge on any atom is -0.480 e. The fourth-order valence-electron chi connectivity index (χ4n) is 1.88. The molecule has 0 spiro atoms. The first kappa shape index (κ1) is 14.4. The van der Waals surface area contributed by atoms with Gasteiger partial charge in [0.1, 0.15) is 6.04 Å². The van der Waals surface area contributed by atoms with E-state index >= 15 is 0 Å². The van der Waals surface area contributed by atoms with Crippen molar-refractivity contribution in [3.8, 4) is 0 Å². The maximum Gasteiger partial charge on any atom is 0.327 e. The van der Waals surface area contributed by atoms with E-state index in [2.05, 4.69) is 0 Å². The topological polar surface area (TPSA) is 57.6 Å². The SMILES string of the molecule is CC(C)C1SCC(C(=O)O)N1C(=O)C(C)(C)C. The van der Waals surface area contributed by atoms with E-state index in [1.54, 1.807) is 16.7 Å². The fraction of sp³-hybridized carbons (Fsp3) is 0.833. The Morgan fingerprint density at radius 1 is 1.35 bits per heavy atom. The lowest BCUT2D eigenvalue weighted by atomic mass is 9.93. The minimum absolute atomic E-state index is 0.0252. The summed E-state index contributed by atoms with van der Waals surface area (Å²) in [6.45, 7) is 9.52. The molecule has 1 fully saturated rings. The summed E-state index contributed by atoms with van der Waals surface area (Å²) in [6.07, 6.45) is 0. The highest BCUT2D eigenvalue weighted by molar-refractivity contribution is 8.00. The Hall–Kier alpha value is -0.710. The molecule has 1 amide bonds. The summed E-state index contributed by atoms with van der Waals surface area (Å²) in [7, 11) is 0. The average molecular weight is 259 g/mol. The van der Waals surface area contributed by atoms with Gasteiger partial charge in [0.2, 0.25) is 5.91 Å². The summed E-state index contributed by atoms with van der Waals surface area (Å²) in [6, 6.07) is -0.681. The number of carbonyl (C=O) groups is 2. The first-order valence-corrected chi connectivity index (χ1v) is 6.88. The van der Waals surface area contributed by atoms with Gasteiger partial charge in [-0.3, -0.25) is 4.79 Å². The van der Waals surface area contributed by atoms with E-state index in [0.717, 1.165) is 0 Å². The number of aliphatic carboxylic acids is 1. The maximum absolute atomic E-state index is 12.3. The number of hydrogen-bond acceptors (Lipinski definition) is 3. The molecule has 1 N–H and O–H groups in total. The van der Waals surface area contributed by atoms with Gasteiger partial charge in [-0.05, 0) is 5.92 Å². The van der Waals surface area contributed by atoms with Crippen LogP contribution in [-0.2, 0) is 9.59 Å². The quantitative estimate of drug-likeness (QED) is 0.824. The molecular weight excluding hydrogens is 238 g/mol. The van der Waals surface area contributed by atoms with Gasteiger partial charge in [0.15, 0.2) is 0 Å². The number of carbonyl (C=O) groups excluding carboxylic acids is 1. The van der Waals surface area contributed by atoms with E-state index in [9.17, 15) is 14.7 Å². The lowest BCUT2D eigenvalue weighted by Crippen LogP contribution is -2.51. The molecule has 5 heteroatoms. The van der Waals surface area contributed by atoms with Crippen molar-refractivity contribution in [3.63, 3.8) is 0 Å². The first-order chi connectivity index (χ1) is 7.66. The Balaban J connectivity index is 3.02. The summed E-state index contributed by atoms with van der Waals surface area (Å²) < 4.78 is 0. The van der Waals surface area contributed by atoms with Crippen LogP contribution in [0.5, 0.6) is 0 Å². The van der Waals surface area contributed by atoms with Gasteiger partial charge in [0, 0.05) is 11.2 Å². The zero-order valence-corrected chi connectivity index (χ0v) is 11.9.